The van der Waals surface area contributed by atoms with Crippen LogP contribution < -0.4 is 4.90 Å². The molecule has 0 saturated carbocycles. The quantitative estimate of drug-likeness (QED) is 0.385. The zero-order valence-electron chi connectivity index (χ0n) is 16.3. The van der Waals surface area contributed by atoms with Gasteiger partial charge in [-0.1, -0.05) is 67.6 Å². The molecule has 0 unspecified atom stereocenters. The minimum absolute atomic E-state index is 0.195. The number of halogens is 1. The molecule has 29 heavy (non-hydrogen) atoms. The molecule has 0 saturated heterocycles. The molecule has 0 aliphatic carbocycles. The van der Waals surface area contributed by atoms with E-state index in [9.17, 15) is 9.18 Å². The minimum Gasteiger partial charge on any atom is -0.279 e. The number of rotatable bonds is 5. The van der Waals surface area contributed by atoms with Crippen LogP contribution in [0.1, 0.15) is 41.3 Å². The molecule has 3 nitrogen and oxygen atoms in total. The van der Waals surface area contributed by atoms with Crippen molar-refractivity contribution in [3.8, 4) is 0 Å². The standard InChI is InChI=1S/C24H21FN2OS/c1-16(2)20-9-6-10-21-22(20)26-24(29-21)27(15-17-7-4-3-5-8-17)23(28)18-11-13-19(25)14-12-18/h3-14,16H,15H2,1-2H3. The van der Waals surface area contributed by atoms with Crippen LogP contribution in [0, 0.1) is 5.82 Å². The topological polar surface area (TPSA) is 33.2 Å². The summed E-state index contributed by atoms with van der Waals surface area (Å²) in [6.07, 6.45) is 0. The highest BCUT2D eigenvalue weighted by Crippen LogP contribution is 2.34. The first-order valence-electron chi connectivity index (χ1n) is 9.54. The fourth-order valence-electron chi connectivity index (χ4n) is 3.28. The van der Waals surface area contributed by atoms with Gasteiger partial charge in [-0.25, -0.2) is 9.37 Å². The summed E-state index contributed by atoms with van der Waals surface area (Å²) >= 11 is 1.50. The smallest absolute Gasteiger partial charge is 0.260 e. The third-order valence-electron chi connectivity index (χ3n) is 4.81. The molecule has 0 N–H and O–H groups in total. The van der Waals surface area contributed by atoms with Crippen LogP contribution in [-0.2, 0) is 6.54 Å². The van der Waals surface area contributed by atoms with E-state index >= 15 is 0 Å². The van der Waals surface area contributed by atoms with Crippen LogP contribution in [0.3, 0.4) is 0 Å². The van der Waals surface area contributed by atoms with Gasteiger partial charge in [0.15, 0.2) is 5.13 Å². The maximum absolute atomic E-state index is 13.3. The Morgan fingerprint density at radius 2 is 1.72 bits per heavy atom. The van der Waals surface area contributed by atoms with Gasteiger partial charge in [-0.15, -0.1) is 0 Å². The summed E-state index contributed by atoms with van der Waals surface area (Å²) in [6, 6.07) is 21.6. The van der Waals surface area contributed by atoms with E-state index in [1.165, 1.54) is 41.2 Å². The molecule has 0 atom stereocenters. The van der Waals surface area contributed by atoms with Gasteiger partial charge in [-0.05, 0) is 47.4 Å². The van der Waals surface area contributed by atoms with Crippen molar-refractivity contribution in [3.63, 3.8) is 0 Å². The number of hydrogen-bond donors (Lipinski definition) is 0. The minimum atomic E-state index is -0.363. The number of para-hydroxylation sites is 1. The highest BCUT2D eigenvalue weighted by Gasteiger charge is 2.23. The summed E-state index contributed by atoms with van der Waals surface area (Å²) in [5, 5.41) is 0.645. The third kappa shape index (κ3) is 4.05. The van der Waals surface area contributed by atoms with Gasteiger partial charge in [0, 0.05) is 5.56 Å². The molecule has 1 heterocycles. The van der Waals surface area contributed by atoms with Crippen LogP contribution in [0.5, 0.6) is 0 Å². The predicted molar refractivity (Wildman–Crippen MR) is 117 cm³/mol. The van der Waals surface area contributed by atoms with E-state index < -0.39 is 0 Å². The number of amides is 1. The van der Waals surface area contributed by atoms with Gasteiger partial charge in [-0.3, -0.25) is 9.69 Å². The van der Waals surface area contributed by atoms with Crippen molar-refractivity contribution >= 4 is 32.6 Å². The summed E-state index contributed by atoms with van der Waals surface area (Å²) < 4.78 is 14.4. The van der Waals surface area contributed by atoms with E-state index in [-0.39, 0.29) is 11.7 Å². The maximum Gasteiger partial charge on any atom is 0.260 e. The molecule has 1 aromatic heterocycles. The first-order valence-corrected chi connectivity index (χ1v) is 10.4. The molecule has 0 fully saturated rings. The molecular weight excluding hydrogens is 383 g/mol. The fraction of sp³-hybridized carbons (Fsp3) is 0.167. The Morgan fingerprint density at radius 3 is 2.41 bits per heavy atom. The van der Waals surface area contributed by atoms with Crippen LogP contribution in [0.2, 0.25) is 0 Å². The Balaban J connectivity index is 1.79. The monoisotopic (exact) mass is 404 g/mol. The molecule has 5 heteroatoms. The molecule has 4 aromatic rings. The number of benzene rings is 3. The van der Waals surface area contributed by atoms with E-state index in [2.05, 4.69) is 19.9 Å². The molecule has 0 spiro atoms. The average molecular weight is 405 g/mol. The summed E-state index contributed by atoms with van der Waals surface area (Å²) in [6.45, 7) is 4.67. The largest absolute Gasteiger partial charge is 0.279 e. The lowest BCUT2D eigenvalue weighted by molar-refractivity contribution is 0.0985. The second-order valence-electron chi connectivity index (χ2n) is 7.23. The molecule has 0 radical (unpaired) electrons. The molecule has 3 aromatic carbocycles. The molecular formula is C24H21FN2OS. The van der Waals surface area contributed by atoms with Crippen molar-refractivity contribution in [1.29, 1.82) is 0 Å². The number of nitrogens with zero attached hydrogens (tertiary/aromatic N) is 2. The lowest BCUT2D eigenvalue weighted by Crippen LogP contribution is -2.30. The van der Waals surface area contributed by atoms with Crippen LogP contribution >= 0.6 is 11.3 Å². The summed E-state index contributed by atoms with van der Waals surface area (Å²) in [7, 11) is 0. The van der Waals surface area contributed by atoms with E-state index in [1.54, 1.807) is 4.90 Å². The Labute approximate surface area is 173 Å². The van der Waals surface area contributed by atoms with Crippen LogP contribution in [-0.4, -0.2) is 10.9 Å². The summed E-state index contributed by atoms with van der Waals surface area (Å²) in [4.78, 5) is 19.8. The predicted octanol–water partition coefficient (Wildman–Crippen LogP) is 6.41. The number of fused-ring (bicyclic) bond motifs is 1. The van der Waals surface area contributed by atoms with E-state index in [1.807, 2.05) is 42.5 Å². The highest BCUT2D eigenvalue weighted by atomic mass is 32.1. The second-order valence-corrected chi connectivity index (χ2v) is 8.24. The van der Waals surface area contributed by atoms with Crippen LogP contribution in [0.15, 0.2) is 72.8 Å². The number of thiazole rings is 1. The molecule has 146 valence electrons. The van der Waals surface area contributed by atoms with Crippen molar-refractivity contribution < 1.29 is 9.18 Å². The summed E-state index contributed by atoms with van der Waals surface area (Å²) in [5.41, 5.74) is 3.54. The molecule has 0 aliphatic heterocycles. The van der Waals surface area contributed by atoms with Gasteiger partial charge in [0.05, 0.1) is 16.8 Å². The van der Waals surface area contributed by atoms with Crippen molar-refractivity contribution in [1.82, 2.24) is 4.98 Å². The normalized spacial score (nSPS) is 11.2. The lowest BCUT2D eigenvalue weighted by atomic mass is 10.0. The van der Waals surface area contributed by atoms with E-state index in [0.717, 1.165) is 15.8 Å². The Morgan fingerprint density at radius 1 is 1.00 bits per heavy atom. The first kappa shape index (κ1) is 19.3. The third-order valence-corrected chi connectivity index (χ3v) is 5.86. The van der Waals surface area contributed by atoms with Gasteiger partial charge in [0.2, 0.25) is 0 Å². The first-order chi connectivity index (χ1) is 14.0. The van der Waals surface area contributed by atoms with Gasteiger partial charge in [0.1, 0.15) is 5.82 Å². The van der Waals surface area contributed by atoms with Crippen molar-refractivity contribution in [3.05, 3.63) is 95.3 Å². The van der Waals surface area contributed by atoms with Gasteiger partial charge in [-0.2, -0.15) is 0 Å². The maximum atomic E-state index is 13.3. The number of hydrogen-bond acceptors (Lipinski definition) is 3. The van der Waals surface area contributed by atoms with E-state index in [4.69, 9.17) is 4.98 Å². The average Bonchev–Trinajstić information content (AvgIpc) is 3.16. The lowest BCUT2D eigenvalue weighted by Gasteiger charge is -2.20. The van der Waals surface area contributed by atoms with Gasteiger partial charge >= 0.3 is 0 Å². The zero-order chi connectivity index (χ0) is 20.4. The zero-order valence-corrected chi connectivity index (χ0v) is 17.1. The van der Waals surface area contributed by atoms with Gasteiger partial charge < -0.3 is 0 Å². The number of anilines is 1. The number of carbonyl (C=O) groups is 1. The van der Waals surface area contributed by atoms with Crippen LogP contribution in [0.25, 0.3) is 10.2 Å². The van der Waals surface area contributed by atoms with Crippen LogP contribution in [0.4, 0.5) is 9.52 Å². The van der Waals surface area contributed by atoms with Gasteiger partial charge in [0.25, 0.3) is 5.91 Å². The second kappa shape index (κ2) is 8.13. The molecule has 4 rings (SSSR count). The molecule has 0 bridgehead atoms. The Kier molecular flexibility index (Phi) is 5.41. The SMILES string of the molecule is CC(C)c1cccc2sc(N(Cc3ccccc3)C(=O)c3ccc(F)cc3)nc12. The highest BCUT2D eigenvalue weighted by molar-refractivity contribution is 7.22. The van der Waals surface area contributed by atoms with E-state index in [0.29, 0.717) is 23.2 Å². The van der Waals surface area contributed by atoms with Crippen molar-refractivity contribution in [2.24, 2.45) is 0 Å². The van der Waals surface area contributed by atoms with Crippen molar-refractivity contribution in [2.45, 2.75) is 26.3 Å². The number of aromatic nitrogens is 1. The summed E-state index contributed by atoms with van der Waals surface area (Å²) in [5.74, 6) is -0.222. The molecule has 0 aliphatic rings. The number of carbonyl (C=O) groups excluding carboxylic acids is 1. The molecule has 1 amide bonds. The van der Waals surface area contributed by atoms with Crippen molar-refractivity contribution in [2.75, 3.05) is 4.90 Å². The Hall–Kier alpha value is -3.05. The fourth-order valence-corrected chi connectivity index (χ4v) is 4.28. The Bertz CT molecular complexity index is 1140.